The van der Waals surface area contributed by atoms with E-state index in [-0.39, 0.29) is 0 Å². The first-order valence-corrected chi connectivity index (χ1v) is 9.76. The molecule has 1 aliphatic carbocycles. The summed E-state index contributed by atoms with van der Waals surface area (Å²) in [6, 6.07) is 11.5. The van der Waals surface area contributed by atoms with Crippen LogP contribution in [0.4, 0.5) is 5.82 Å². The Balaban J connectivity index is 0.000000296. The summed E-state index contributed by atoms with van der Waals surface area (Å²) in [5, 5.41) is 3.29. The maximum absolute atomic E-state index is 5.70. The molecule has 4 rings (SSSR count). The van der Waals surface area contributed by atoms with Crippen molar-refractivity contribution in [1.82, 2.24) is 19.9 Å². The van der Waals surface area contributed by atoms with Crippen molar-refractivity contribution in [1.29, 1.82) is 0 Å². The van der Waals surface area contributed by atoms with E-state index in [2.05, 4.69) is 25.3 Å². The lowest BCUT2D eigenvalue weighted by atomic mass is 10.3. The number of ether oxygens (including phenoxy) is 1. The predicted molar refractivity (Wildman–Crippen MR) is 112 cm³/mol. The Morgan fingerprint density at radius 1 is 0.964 bits per heavy atom. The summed E-state index contributed by atoms with van der Waals surface area (Å²) in [6.07, 6.45) is 9.62. The van der Waals surface area contributed by atoms with Gasteiger partial charge in [0.2, 0.25) is 5.88 Å². The monoisotopic (exact) mass is 379 g/mol. The van der Waals surface area contributed by atoms with Crippen molar-refractivity contribution in [3.8, 4) is 5.88 Å². The fourth-order valence-corrected chi connectivity index (χ4v) is 2.20. The van der Waals surface area contributed by atoms with Crippen molar-refractivity contribution >= 4 is 5.82 Å². The number of pyridine rings is 2. The first-order valence-electron chi connectivity index (χ1n) is 9.76. The quantitative estimate of drug-likeness (QED) is 0.670. The molecule has 148 valence electrons. The standard InChI is InChI=1S/C15H18N4O.C5H5N.C2H6/c1-11-18-14(17-9-12-4-6-16-7-5-12)8-15(19-11)20-10-13-2-3-13;1-2-4-6-5-3-1;1-2/h4-8,13H,2-3,9-10H2,1H3,(H,17,18,19);1-5H;1-2H3. The van der Waals surface area contributed by atoms with E-state index in [9.17, 15) is 0 Å². The van der Waals surface area contributed by atoms with Crippen LogP contribution in [0.3, 0.4) is 0 Å². The highest BCUT2D eigenvalue weighted by Gasteiger charge is 2.22. The molecule has 1 fully saturated rings. The number of aryl methyl sites for hydroxylation is 1. The number of nitrogens with one attached hydrogen (secondary N) is 1. The van der Waals surface area contributed by atoms with Gasteiger partial charge in [-0.05, 0) is 55.5 Å². The van der Waals surface area contributed by atoms with Crippen LogP contribution < -0.4 is 10.1 Å². The molecule has 6 nitrogen and oxygen atoms in total. The van der Waals surface area contributed by atoms with Crippen LogP contribution in [0.1, 0.15) is 38.1 Å². The van der Waals surface area contributed by atoms with E-state index < -0.39 is 0 Å². The molecule has 3 aromatic heterocycles. The van der Waals surface area contributed by atoms with E-state index in [1.807, 2.05) is 57.2 Å². The minimum absolute atomic E-state index is 0.654. The molecular weight excluding hydrogens is 350 g/mol. The van der Waals surface area contributed by atoms with Gasteiger partial charge in [-0.15, -0.1) is 0 Å². The molecule has 0 bridgehead atoms. The van der Waals surface area contributed by atoms with E-state index >= 15 is 0 Å². The maximum atomic E-state index is 5.70. The van der Waals surface area contributed by atoms with E-state index in [0.29, 0.717) is 12.4 Å². The molecule has 1 saturated carbocycles. The highest BCUT2D eigenvalue weighted by molar-refractivity contribution is 5.39. The molecule has 0 aliphatic heterocycles. The van der Waals surface area contributed by atoms with Crippen LogP contribution in [0.2, 0.25) is 0 Å². The fourth-order valence-electron chi connectivity index (χ4n) is 2.20. The van der Waals surface area contributed by atoms with Crippen LogP contribution in [0, 0.1) is 12.8 Å². The highest BCUT2D eigenvalue weighted by atomic mass is 16.5. The van der Waals surface area contributed by atoms with Gasteiger partial charge < -0.3 is 10.1 Å². The van der Waals surface area contributed by atoms with Crippen molar-refractivity contribution in [3.05, 3.63) is 72.6 Å². The third kappa shape index (κ3) is 8.58. The molecule has 0 spiro atoms. The van der Waals surface area contributed by atoms with Crippen LogP contribution in [-0.4, -0.2) is 26.5 Å². The number of aromatic nitrogens is 4. The third-order valence-electron chi connectivity index (χ3n) is 3.77. The molecule has 0 amide bonds. The predicted octanol–water partition coefficient (Wildman–Crippen LogP) is 4.69. The molecule has 1 aliphatic rings. The maximum Gasteiger partial charge on any atom is 0.218 e. The van der Waals surface area contributed by atoms with Gasteiger partial charge in [-0.25, -0.2) is 4.98 Å². The second-order valence-electron chi connectivity index (χ2n) is 6.13. The van der Waals surface area contributed by atoms with Gasteiger partial charge in [-0.3, -0.25) is 9.97 Å². The number of rotatable bonds is 6. The first-order chi connectivity index (χ1) is 13.8. The van der Waals surface area contributed by atoms with Gasteiger partial charge in [0.15, 0.2) is 0 Å². The minimum Gasteiger partial charge on any atom is -0.477 e. The summed E-state index contributed by atoms with van der Waals surface area (Å²) in [4.78, 5) is 16.5. The van der Waals surface area contributed by atoms with Crippen LogP contribution in [0.25, 0.3) is 0 Å². The Labute approximate surface area is 167 Å². The molecule has 0 saturated heterocycles. The van der Waals surface area contributed by atoms with Crippen LogP contribution in [0.15, 0.2) is 61.2 Å². The number of hydrogen-bond donors (Lipinski definition) is 1. The number of nitrogens with zero attached hydrogens (tertiary/aromatic N) is 4. The zero-order chi connectivity index (χ0) is 20.0. The number of hydrogen-bond acceptors (Lipinski definition) is 6. The molecule has 3 heterocycles. The van der Waals surface area contributed by atoms with Gasteiger partial charge in [0.1, 0.15) is 11.6 Å². The molecule has 0 radical (unpaired) electrons. The molecule has 3 aromatic rings. The molecule has 1 N–H and O–H groups in total. The zero-order valence-electron chi connectivity index (χ0n) is 16.9. The van der Waals surface area contributed by atoms with Crippen molar-refractivity contribution in [2.75, 3.05) is 11.9 Å². The number of anilines is 1. The van der Waals surface area contributed by atoms with E-state index in [4.69, 9.17) is 4.74 Å². The summed E-state index contributed by atoms with van der Waals surface area (Å²) in [6.45, 7) is 7.35. The van der Waals surface area contributed by atoms with Crippen molar-refractivity contribution < 1.29 is 4.74 Å². The third-order valence-corrected chi connectivity index (χ3v) is 3.77. The van der Waals surface area contributed by atoms with Crippen molar-refractivity contribution in [3.63, 3.8) is 0 Å². The Morgan fingerprint density at radius 3 is 2.21 bits per heavy atom. The summed E-state index contributed by atoms with van der Waals surface area (Å²) >= 11 is 0. The summed E-state index contributed by atoms with van der Waals surface area (Å²) in [7, 11) is 0. The highest BCUT2D eigenvalue weighted by Crippen LogP contribution is 2.29. The molecule has 28 heavy (non-hydrogen) atoms. The lowest BCUT2D eigenvalue weighted by molar-refractivity contribution is 0.287. The van der Waals surface area contributed by atoms with Gasteiger partial charge in [-0.1, -0.05) is 19.9 Å². The van der Waals surface area contributed by atoms with Gasteiger partial charge in [-0.2, -0.15) is 4.98 Å². The SMILES string of the molecule is CC.Cc1nc(NCc2ccncc2)cc(OCC2CC2)n1.c1ccncc1. The van der Waals surface area contributed by atoms with Crippen molar-refractivity contribution in [2.24, 2.45) is 5.92 Å². The molecule has 0 aromatic carbocycles. The molecule has 6 heteroatoms. The van der Waals surface area contributed by atoms with E-state index in [1.54, 1.807) is 24.8 Å². The van der Waals surface area contributed by atoms with Gasteiger partial charge in [0.05, 0.1) is 6.61 Å². The average Bonchev–Trinajstić information content (AvgIpc) is 3.59. The summed E-state index contributed by atoms with van der Waals surface area (Å²) in [5.74, 6) is 2.88. The van der Waals surface area contributed by atoms with Gasteiger partial charge >= 0.3 is 0 Å². The minimum atomic E-state index is 0.654. The molecular formula is C22H29N5O. The molecule has 0 unspecified atom stereocenters. The fraction of sp³-hybridized carbons (Fsp3) is 0.364. The summed E-state index contributed by atoms with van der Waals surface area (Å²) in [5.41, 5.74) is 1.16. The van der Waals surface area contributed by atoms with Gasteiger partial charge in [0.25, 0.3) is 0 Å². The second kappa shape index (κ2) is 12.4. The Morgan fingerprint density at radius 2 is 1.64 bits per heavy atom. The largest absolute Gasteiger partial charge is 0.477 e. The lowest BCUT2D eigenvalue weighted by Gasteiger charge is -2.09. The normalized spacial score (nSPS) is 12.0. The Hall–Kier alpha value is -3.02. The van der Waals surface area contributed by atoms with Crippen molar-refractivity contribution in [2.45, 2.75) is 40.2 Å². The van der Waals surface area contributed by atoms with E-state index in [1.165, 1.54) is 12.8 Å². The van der Waals surface area contributed by atoms with Gasteiger partial charge in [0, 0.05) is 37.4 Å². The Bertz CT molecular complexity index is 753. The van der Waals surface area contributed by atoms with E-state index in [0.717, 1.165) is 29.7 Å². The van der Waals surface area contributed by atoms with Crippen LogP contribution in [-0.2, 0) is 6.54 Å². The van der Waals surface area contributed by atoms with Crippen LogP contribution >= 0.6 is 0 Å². The molecule has 0 atom stereocenters. The topological polar surface area (TPSA) is 72.8 Å². The summed E-state index contributed by atoms with van der Waals surface area (Å²) < 4.78 is 5.70. The van der Waals surface area contributed by atoms with Crippen LogP contribution in [0.5, 0.6) is 5.88 Å². The smallest absolute Gasteiger partial charge is 0.218 e. The average molecular weight is 380 g/mol. The zero-order valence-corrected chi connectivity index (χ0v) is 16.9. The Kier molecular flexibility index (Phi) is 9.41. The lowest BCUT2D eigenvalue weighted by Crippen LogP contribution is -2.06. The first kappa shape index (κ1) is 21.3. The second-order valence-corrected chi connectivity index (χ2v) is 6.13.